The van der Waals surface area contributed by atoms with Crippen LogP contribution >= 0.6 is 11.3 Å². The Kier molecular flexibility index (Phi) is 3.23. The number of aryl methyl sites for hydroxylation is 1. The molecule has 0 saturated carbocycles. The molecule has 2 amide bonds. The van der Waals surface area contributed by atoms with Crippen LogP contribution in [0.2, 0.25) is 0 Å². The summed E-state index contributed by atoms with van der Waals surface area (Å²) in [4.78, 5) is 13.7. The zero-order valence-electron chi connectivity index (χ0n) is 8.75. The lowest BCUT2D eigenvalue weighted by Crippen LogP contribution is -2.48. The van der Waals surface area contributed by atoms with Crippen LogP contribution in [-0.4, -0.2) is 37.1 Å². The van der Waals surface area contributed by atoms with Crippen molar-refractivity contribution in [3.63, 3.8) is 0 Å². The van der Waals surface area contributed by atoms with Gasteiger partial charge in [-0.2, -0.15) is 0 Å². The molecule has 0 atom stereocenters. The van der Waals surface area contributed by atoms with Crippen LogP contribution in [0.1, 0.15) is 5.56 Å². The number of nitrogens with one attached hydrogen (secondary N) is 2. The predicted octanol–water partition coefficient (Wildman–Crippen LogP) is 1.49. The summed E-state index contributed by atoms with van der Waals surface area (Å²) in [6.07, 6.45) is 0. The smallest absolute Gasteiger partial charge is 0.322 e. The first-order valence-corrected chi connectivity index (χ1v) is 5.96. The van der Waals surface area contributed by atoms with Crippen molar-refractivity contribution in [1.29, 1.82) is 0 Å². The Labute approximate surface area is 93.3 Å². The maximum Gasteiger partial charge on any atom is 0.322 e. The topological polar surface area (TPSA) is 44.4 Å². The molecular weight excluding hydrogens is 210 g/mol. The summed E-state index contributed by atoms with van der Waals surface area (Å²) >= 11 is 1.57. The van der Waals surface area contributed by atoms with Crippen molar-refractivity contribution in [2.75, 3.05) is 31.5 Å². The fraction of sp³-hybridized carbons (Fsp3) is 0.500. The summed E-state index contributed by atoms with van der Waals surface area (Å²) in [5.74, 6) is 0. The van der Waals surface area contributed by atoms with E-state index in [2.05, 4.69) is 10.6 Å². The monoisotopic (exact) mass is 225 g/mol. The van der Waals surface area contributed by atoms with Gasteiger partial charge in [0.15, 0.2) is 0 Å². The molecule has 82 valence electrons. The molecule has 2 heterocycles. The quantitative estimate of drug-likeness (QED) is 0.760. The molecule has 5 heteroatoms. The lowest BCUT2D eigenvalue weighted by Gasteiger charge is -2.27. The highest BCUT2D eigenvalue weighted by Crippen LogP contribution is 2.22. The number of piperazine rings is 1. The van der Waals surface area contributed by atoms with Gasteiger partial charge in [-0.05, 0) is 23.9 Å². The van der Waals surface area contributed by atoms with Crippen molar-refractivity contribution in [2.24, 2.45) is 0 Å². The number of rotatable bonds is 1. The molecule has 2 N–H and O–H groups in total. The van der Waals surface area contributed by atoms with E-state index >= 15 is 0 Å². The molecule has 0 aliphatic carbocycles. The first kappa shape index (κ1) is 10.4. The lowest BCUT2D eigenvalue weighted by atomic mass is 10.3. The highest BCUT2D eigenvalue weighted by Gasteiger charge is 2.16. The molecule has 1 saturated heterocycles. The van der Waals surface area contributed by atoms with Gasteiger partial charge in [0.05, 0.1) is 5.00 Å². The molecule has 0 aromatic carbocycles. The fourth-order valence-electron chi connectivity index (χ4n) is 1.54. The van der Waals surface area contributed by atoms with E-state index < -0.39 is 0 Å². The summed E-state index contributed by atoms with van der Waals surface area (Å²) in [7, 11) is 0. The van der Waals surface area contributed by atoms with Gasteiger partial charge >= 0.3 is 6.03 Å². The Morgan fingerprint density at radius 2 is 2.27 bits per heavy atom. The second-order valence-electron chi connectivity index (χ2n) is 3.60. The minimum Gasteiger partial charge on any atom is -0.322 e. The number of anilines is 1. The number of carbonyl (C=O) groups is 1. The van der Waals surface area contributed by atoms with Crippen molar-refractivity contribution < 1.29 is 4.79 Å². The number of nitrogens with zero attached hydrogens (tertiary/aromatic N) is 1. The highest BCUT2D eigenvalue weighted by molar-refractivity contribution is 7.14. The van der Waals surface area contributed by atoms with Crippen LogP contribution in [0.15, 0.2) is 11.4 Å². The van der Waals surface area contributed by atoms with E-state index in [9.17, 15) is 4.79 Å². The second-order valence-corrected chi connectivity index (χ2v) is 4.52. The maximum atomic E-state index is 11.8. The van der Waals surface area contributed by atoms with Gasteiger partial charge in [-0.1, -0.05) is 0 Å². The molecule has 2 rings (SSSR count). The van der Waals surface area contributed by atoms with Gasteiger partial charge in [-0.3, -0.25) is 5.32 Å². The first-order chi connectivity index (χ1) is 7.27. The number of carbonyl (C=O) groups excluding carboxylic acids is 1. The summed E-state index contributed by atoms with van der Waals surface area (Å²) in [6, 6.07) is 2.03. The first-order valence-electron chi connectivity index (χ1n) is 5.08. The minimum atomic E-state index is 0.0158. The fourth-order valence-corrected chi connectivity index (χ4v) is 2.35. The Morgan fingerprint density at radius 1 is 1.53 bits per heavy atom. The molecule has 1 aromatic heterocycles. The van der Waals surface area contributed by atoms with E-state index in [0.29, 0.717) is 0 Å². The third-order valence-electron chi connectivity index (χ3n) is 2.49. The number of thiophene rings is 1. The van der Waals surface area contributed by atoms with Crippen LogP contribution < -0.4 is 10.6 Å². The molecule has 1 fully saturated rings. The standard InChI is InChI=1S/C10H15N3OS/c1-8-2-7-15-9(8)12-10(14)13-5-3-11-4-6-13/h2,7,11H,3-6H2,1H3,(H,12,14). The Hall–Kier alpha value is -1.07. The number of urea groups is 1. The zero-order valence-corrected chi connectivity index (χ0v) is 9.56. The van der Waals surface area contributed by atoms with Crippen LogP contribution in [0, 0.1) is 6.92 Å². The summed E-state index contributed by atoms with van der Waals surface area (Å²) in [5.41, 5.74) is 1.13. The minimum absolute atomic E-state index is 0.0158. The van der Waals surface area contributed by atoms with Gasteiger partial charge in [0.1, 0.15) is 0 Å². The Balaban J connectivity index is 1.94. The number of amides is 2. The van der Waals surface area contributed by atoms with Crippen molar-refractivity contribution in [2.45, 2.75) is 6.92 Å². The van der Waals surface area contributed by atoms with Gasteiger partial charge in [-0.15, -0.1) is 11.3 Å². The van der Waals surface area contributed by atoms with Gasteiger partial charge in [0.25, 0.3) is 0 Å². The molecule has 1 aromatic rings. The predicted molar refractivity (Wildman–Crippen MR) is 62.5 cm³/mol. The van der Waals surface area contributed by atoms with Crippen LogP contribution in [0.3, 0.4) is 0 Å². The molecule has 15 heavy (non-hydrogen) atoms. The van der Waals surface area contributed by atoms with Gasteiger partial charge in [0.2, 0.25) is 0 Å². The van der Waals surface area contributed by atoms with Gasteiger partial charge in [0, 0.05) is 26.2 Å². The normalized spacial score (nSPS) is 16.5. The van der Waals surface area contributed by atoms with E-state index in [4.69, 9.17) is 0 Å². The van der Waals surface area contributed by atoms with Crippen molar-refractivity contribution in [3.8, 4) is 0 Å². The third-order valence-corrected chi connectivity index (χ3v) is 3.42. The van der Waals surface area contributed by atoms with E-state index in [1.165, 1.54) is 0 Å². The van der Waals surface area contributed by atoms with E-state index in [1.807, 2.05) is 23.3 Å². The maximum absolute atomic E-state index is 11.8. The number of hydrogen-bond donors (Lipinski definition) is 2. The zero-order chi connectivity index (χ0) is 10.7. The largest absolute Gasteiger partial charge is 0.322 e. The van der Waals surface area contributed by atoms with Crippen molar-refractivity contribution in [1.82, 2.24) is 10.2 Å². The average molecular weight is 225 g/mol. The molecular formula is C10H15N3OS. The summed E-state index contributed by atoms with van der Waals surface area (Å²) < 4.78 is 0. The SMILES string of the molecule is Cc1ccsc1NC(=O)N1CCNCC1. The van der Waals surface area contributed by atoms with Crippen LogP contribution in [-0.2, 0) is 0 Å². The van der Waals surface area contributed by atoms with E-state index in [1.54, 1.807) is 11.3 Å². The van der Waals surface area contributed by atoms with Crippen molar-refractivity contribution >= 4 is 22.4 Å². The molecule has 0 radical (unpaired) electrons. The Morgan fingerprint density at radius 3 is 2.87 bits per heavy atom. The molecule has 4 nitrogen and oxygen atoms in total. The van der Waals surface area contributed by atoms with Gasteiger partial charge < -0.3 is 10.2 Å². The molecule has 1 aliphatic rings. The second kappa shape index (κ2) is 4.63. The lowest BCUT2D eigenvalue weighted by molar-refractivity contribution is 0.204. The van der Waals surface area contributed by atoms with E-state index in [-0.39, 0.29) is 6.03 Å². The van der Waals surface area contributed by atoms with Crippen LogP contribution in [0.4, 0.5) is 9.80 Å². The van der Waals surface area contributed by atoms with E-state index in [0.717, 1.165) is 36.7 Å². The summed E-state index contributed by atoms with van der Waals surface area (Å²) in [6.45, 7) is 5.35. The third kappa shape index (κ3) is 2.49. The highest BCUT2D eigenvalue weighted by atomic mass is 32.1. The van der Waals surface area contributed by atoms with Gasteiger partial charge in [-0.25, -0.2) is 4.79 Å². The Bertz CT molecular complexity index is 344. The number of hydrogen-bond acceptors (Lipinski definition) is 3. The molecule has 1 aliphatic heterocycles. The summed E-state index contributed by atoms with van der Waals surface area (Å²) in [5, 5.41) is 9.10. The average Bonchev–Trinajstić information content (AvgIpc) is 2.66. The molecule has 0 unspecified atom stereocenters. The molecule has 0 bridgehead atoms. The van der Waals surface area contributed by atoms with Crippen LogP contribution in [0.5, 0.6) is 0 Å². The van der Waals surface area contributed by atoms with Crippen LogP contribution in [0.25, 0.3) is 0 Å². The molecule has 0 spiro atoms. The van der Waals surface area contributed by atoms with Crippen molar-refractivity contribution in [3.05, 3.63) is 17.0 Å².